The van der Waals surface area contributed by atoms with Crippen molar-refractivity contribution in [3.05, 3.63) is 48.7 Å². The van der Waals surface area contributed by atoms with E-state index in [1.807, 2.05) is 12.3 Å². The Morgan fingerprint density at radius 3 is 2.55 bits per heavy atom. The number of aromatic nitrogens is 2. The van der Waals surface area contributed by atoms with Gasteiger partial charge >= 0.3 is 0 Å². The number of hydrogen-bond acceptors (Lipinski definition) is 6. The number of benzene rings is 1. The number of nitrogens with zero attached hydrogens (tertiary/aromatic N) is 5. The molecule has 0 amide bonds. The fourth-order valence-corrected chi connectivity index (χ4v) is 4.67. The summed E-state index contributed by atoms with van der Waals surface area (Å²) in [5.41, 5.74) is 3.24. The molecule has 0 radical (unpaired) electrons. The number of rotatable bonds is 4. The number of piperazine rings is 1. The molecule has 2 aliphatic rings. The third-order valence-electron chi connectivity index (χ3n) is 6.55. The van der Waals surface area contributed by atoms with Crippen molar-refractivity contribution in [3.63, 3.8) is 0 Å². The van der Waals surface area contributed by atoms with Gasteiger partial charge in [0.05, 0.1) is 0 Å². The summed E-state index contributed by atoms with van der Waals surface area (Å²) < 4.78 is 0. The second-order valence-corrected chi connectivity index (χ2v) is 9.06. The topological polar surface area (TPSA) is 47.5 Å². The molecular weight excluding hydrogens is 384 g/mol. The van der Waals surface area contributed by atoms with E-state index in [2.05, 4.69) is 75.4 Å². The Kier molecular flexibility index (Phi) is 5.64. The quantitative estimate of drug-likeness (QED) is 0.682. The number of nitrogens with one attached hydrogen (secondary N) is 1. The van der Waals surface area contributed by atoms with Crippen LogP contribution in [0, 0.1) is 5.92 Å². The Morgan fingerprint density at radius 1 is 0.968 bits per heavy atom. The van der Waals surface area contributed by atoms with Crippen LogP contribution in [-0.4, -0.2) is 61.2 Å². The molecule has 1 atom stereocenters. The Bertz CT molecular complexity index is 1030. The number of pyridine rings is 2. The van der Waals surface area contributed by atoms with Gasteiger partial charge in [-0.15, -0.1) is 0 Å². The van der Waals surface area contributed by atoms with Gasteiger partial charge in [0.1, 0.15) is 11.3 Å². The second kappa shape index (κ2) is 8.71. The minimum absolute atomic E-state index is 0.707. The molecule has 31 heavy (non-hydrogen) atoms. The van der Waals surface area contributed by atoms with Crippen LogP contribution in [0.5, 0.6) is 0 Å². The van der Waals surface area contributed by atoms with Crippen LogP contribution in [0.25, 0.3) is 10.9 Å². The molecule has 2 aliphatic heterocycles. The highest BCUT2D eigenvalue weighted by molar-refractivity contribution is 5.92. The summed E-state index contributed by atoms with van der Waals surface area (Å²) in [4.78, 5) is 16.9. The molecule has 2 aromatic heterocycles. The molecule has 0 spiro atoms. The minimum atomic E-state index is 0.707. The molecule has 0 saturated carbocycles. The highest BCUT2D eigenvalue weighted by Crippen LogP contribution is 2.30. The van der Waals surface area contributed by atoms with E-state index in [9.17, 15) is 0 Å². The van der Waals surface area contributed by atoms with Gasteiger partial charge in [-0.3, -0.25) is 4.98 Å². The van der Waals surface area contributed by atoms with Gasteiger partial charge in [-0.05, 0) is 62.2 Å². The van der Waals surface area contributed by atoms with Crippen LogP contribution in [0.3, 0.4) is 0 Å². The van der Waals surface area contributed by atoms with Gasteiger partial charge < -0.3 is 20.0 Å². The minimum Gasteiger partial charge on any atom is -0.369 e. The summed E-state index contributed by atoms with van der Waals surface area (Å²) in [5.74, 6) is 2.58. The second-order valence-electron chi connectivity index (χ2n) is 9.06. The van der Waals surface area contributed by atoms with Crippen molar-refractivity contribution in [2.75, 3.05) is 61.4 Å². The van der Waals surface area contributed by atoms with Crippen molar-refractivity contribution >= 4 is 33.9 Å². The summed E-state index contributed by atoms with van der Waals surface area (Å²) in [5, 5.41) is 4.67. The molecule has 1 aromatic carbocycles. The average molecular weight is 417 g/mol. The highest BCUT2D eigenvalue weighted by Gasteiger charge is 2.19. The Balaban J connectivity index is 1.40. The molecule has 6 nitrogen and oxygen atoms in total. The van der Waals surface area contributed by atoms with Crippen LogP contribution in [0.2, 0.25) is 0 Å². The Hall–Kier alpha value is -2.86. The highest BCUT2D eigenvalue weighted by atomic mass is 15.2. The molecule has 2 fully saturated rings. The predicted molar refractivity (Wildman–Crippen MR) is 130 cm³/mol. The van der Waals surface area contributed by atoms with E-state index in [1.54, 1.807) is 0 Å². The molecule has 5 rings (SSSR count). The lowest BCUT2D eigenvalue weighted by atomic mass is 10.0. The van der Waals surface area contributed by atoms with Gasteiger partial charge in [0.15, 0.2) is 5.82 Å². The van der Waals surface area contributed by atoms with Crippen molar-refractivity contribution in [2.24, 2.45) is 5.92 Å². The maximum absolute atomic E-state index is 5.01. The SMILES string of the molecule is C[C@@H]1CCCN(c2cc3cccnc3c(Nc3ccc(N4CCN(C)CC4)cc3)n2)C1. The van der Waals surface area contributed by atoms with E-state index in [4.69, 9.17) is 4.98 Å². The zero-order chi connectivity index (χ0) is 21.2. The smallest absolute Gasteiger partial charge is 0.159 e. The third kappa shape index (κ3) is 4.44. The zero-order valence-corrected chi connectivity index (χ0v) is 18.6. The lowest BCUT2D eigenvalue weighted by Gasteiger charge is -2.34. The lowest BCUT2D eigenvalue weighted by molar-refractivity contribution is 0.313. The Morgan fingerprint density at radius 2 is 1.77 bits per heavy atom. The van der Waals surface area contributed by atoms with Crippen molar-refractivity contribution < 1.29 is 0 Å². The first kappa shape index (κ1) is 20.1. The number of anilines is 4. The van der Waals surface area contributed by atoms with Crippen LogP contribution < -0.4 is 15.1 Å². The van der Waals surface area contributed by atoms with Crippen molar-refractivity contribution in [3.8, 4) is 0 Å². The van der Waals surface area contributed by atoms with Gasteiger partial charge in [-0.1, -0.05) is 13.0 Å². The number of hydrogen-bond donors (Lipinski definition) is 1. The Labute approximate surface area is 184 Å². The third-order valence-corrected chi connectivity index (χ3v) is 6.55. The number of fused-ring (bicyclic) bond motifs is 1. The molecule has 3 aromatic rings. The fraction of sp³-hybridized carbons (Fsp3) is 0.440. The van der Waals surface area contributed by atoms with Crippen molar-refractivity contribution in [1.82, 2.24) is 14.9 Å². The van der Waals surface area contributed by atoms with Crippen LogP contribution in [-0.2, 0) is 0 Å². The normalized spacial score (nSPS) is 20.3. The maximum Gasteiger partial charge on any atom is 0.159 e. The van der Waals surface area contributed by atoms with Crippen LogP contribution >= 0.6 is 0 Å². The molecule has 0 unspecified atom stereocenters. The molecular formula is C25H32N6. The molecule has 4 heterocycles. The van der Waals surface area contributed by atoms with E-state index < -0.39 is 0 Å². The molecule has 1 N–H and O–H groups in total. The molecule has 162 valence electrons. The van der Waals surface area contributed by atoms with Gasteiger partial charge in [0, 0.05) is 62.2 Å². The van der Waals surface area contributed by atoms with E-state index in [0.29, 0.717) is 5.92 Å². The van der Waals surface area contributed by atoms with E-state index in [1.165, 1.54) is 18.5 Å². The summed E-state index contributed by atoms with van der Waals surface area (Å²) in [6.45, 7) is 8.86. The number of likely N-dealkylation sites (N-methyl/N-ethyl adjacent to an activating group) is 1. The monoisotopic (exact) mass is 416 g/mol. The summed E-state index contributed by atoms with van der Waals surface area (Å²) in [6, 6.07) is 15.0. The molecule has 0 aliphatic carbocycles. The standard InChI is InChI=1S/C25H32N6/c1-19-5-4-12-31(18-19)23-17-20-6-3-11-26-24(20)25(28-23)27-21-7-9-22(10-8-21)30-15-13-29(2)14-16-30/h3,6-11,17,19H,4-5,12-16,18H2,1-2H3,(H,27,28)/t19-/m1/s1. The van der Waals surface area contributed by atoms with E-state index in [0.717, 1.165) is 67.5 Å². The average Bonchev–Trinajstić information content (AvgIpc) is 2.80. The van der Waals surface area contributed by atoms with Gasteiger partial charge in [0.25, 0.3) is 0 Å². The lowest BCUT2D eigenvalue weighted by Crippen LogP contribution is -2.44. The van der Waals surface area contributed by atoms with E-state index >= 15 is 0 Å². The van der Waals surface area contributed by atoms with Crippen LogP contribution in [0.4, 0.5) is 23.0 Å². The van der Waals surface area contributed by atoms with Crippen molar-refractivity contribution in [2.45, 2.75) is 19.8 Å². The van der Waals surface area contributed by atoms with Gasteiger partial charge in [-0.2, -0.15) is 0 Å². The zero-order valence-electron chi connectivity index (χ0n) is 18.6. The maximum atomic E-state index is 5.01. The van der Waals surface area contributed by atoms with Crippen LogP contribution in [0.1, 0.15) is 19.8 Å². The first-order valence-corrected chi connectivity index (χ1v) is 11.5. The first-order valence-electron chi connectivity index (χ1n) is 11.5. The molecule has 6 heteroatoms. The fourth-order valence-electron chi connectivity index (χ4n) is 4.67. The summed E-state index contributed by atoms with van der Waals surface area (Å²) in [6.07, 6.45) is 4.37. The van der Waals surface area contributed by atoms with E-state index in [-0.39, 0.29) is 0 Å². The van der Waals surface area contributed by atoms with Gasteiger partial charge in [0.2, 0.25) is 0 Å². The first-order chi connectivity index (χ1) is 15.2. The van der Waals surface area contributed by atoms with Crippen LogP contribution in [0.15, 0.2) is 48.7 Å². The largest absolute Gasteiger partial charge is 0.369 e. The van der Waals surface area contributed by atoms with Gasteiger partial charge in [-0.25, -0.2) is 4.98 Å². The summed E-state index contributed by atoms with van der Waals surface area (Å²) >= 11 is 0. The molecule has 2 saturated heterocycles. The number of piperidine rings is 1. The molecule has 0 bridgehead atoms. The summed E-state index contributed by atoms with van der Waals surface area (Å²) in [7, 11) is 2.19. The van der Waals surface area contributed by atoms with Crippen molar-refractivity contribution in [1.29, 1.82) is 0 Å². The predicted octanol–water partition coefficient (Wildman–Crippen LogP) is 4.36.